The van der Waals surface area contributed by atoms with Gasteiger partial charge in [-0.1, -0.05) is 38.1 Å². The number of nitrogens with two attached hydrogens (primary N) is 1. The fraction of sp³-hybridized carbons (Fsp3) is 0.348. The first-order valence-electron chi connectivity index (χ1n) is 10.00. The molecule has 0 fully saturated rings. The highest BCUT2D eigenvalue weighted by Crippen LogP contribution is 2.38. The molecule has 6 nitrogen and oxygen atoms in total. The number of hydrogen-bond donors (Lipinski definition) is 2. The van der Waals surface area contributed by atoms with Crippen LogP contribution in [-0.2, 0) is 27.2 Å². The van der Waals surface area contributed by atoms with Gasteiger partial charge in [0.2, 0.25) is 0 Å². The van der Waals surface area contributed by atoms with Crippen LogP contribution in [0.3, 0.4) is 0 Å². The highest BCUT2D eigenvalue weighted by molar-refractivity contribution is 7.17. The van der Waals surface area contributed by atoms with E-state index in [1.807, 2.05) is 24.3 Å². The van der Waals surface area contributed by atoms with Crippen LogP contribution < -0.4 is 11.1 Å². The minimum Gasteiger partial charge on any atom is -0.449 e. The molecule has 3 N–H and O–H groups in total. The van der Waals surface area contributed by atoms with Gasteiger partial charge in [-0.05, 0) is 54.9 Å². The molecular formula is C23H26N2O4S. The molecule has 2 aromatic rings. The van der Waals surface area contributed by atoms with Gasteiger partial charge >= 0.3 is 5.97 Å². The third-order valence-electron chi connectivity index (χ3n) is 5.08. The number of carbonyl (C=O) groups excluding carboxylic acids is 3. The van der Waals surface area contributed by atoms with Crippen molar-refractivity contribution in [1.29, 1.82) is 0 Å². The number of amides is 2. The molecule has 7 heteroatoms. The lowest BCUT2D eigenvalue weighted by atomic mass is 10.0. The molecule has 1 atom stereocenters. The molecule has 1 aliphatic carbocycles. The van der Waals surface area contributed by atoms with Crippen LogP contribution in [0.15, 0.2) is 30.3 Å². The second-order valence-electron chi connectivity index (χ2n) is 7.65. The number of rotatable bonds is 7. The van der Waals surface area contributed by atoms with E-state index in [2.05, 4.69) is 19.2 Å². The van der Waals surface area contributed by atoms with Gasteiger partial charge in [-0.2, -0.15) is 0 Å². The summed E-state index contributed by atoms with van der Waals surface area (Å²) < 4.78 is 5.20. The Morgan fingerprint density at radius 1 is 1.13 bits per heavy atom. The number of nitrogens with one attached hydrogen (secondary N) is 1. The maximum Gasteiger partial charge on any atom is 0.331 e. The molecule has 158 valence electrons. The van der Waals surface area contributed by atoms with Crippen LogP contribution >= 0.6 is 11.3 Å². The Morgan fingerprint density at radius 2 is 1.83 bits per heavy atom. The van der Waals surface area contributed by atoms with Crippen molar-refractivity contribution >= 4 is 40.2 Å². The molecule has 1 unspecified atom stereocenters. The molecule has 1 aliphatic rings. The van der Waals surface area contributed by atoms with Gasteiger partial charge in [-0.15, -0.1) is 11.3 Å². The van der Waals surface area contributed by atoms with Gasteiger partial charge in [0.15, 0.2) is 6.10 Å². The Hall–Kier alpha value is -2.93. The Bertz CT molecular complexity index is 989. The number of anilines is 1. The number of ether oxygens (including phenoxy) is 1. The number of thiophene rings is 1. The number of hydrogen-bond acceptors (Lipinski definition) is 5. The van der Waals surface area contributed by atoms with Crippen molar-refractivity contribution in [3.63, 3.8) is 0 Å². The second-order valence-corrected chi connectivity index (χ2v) is 8.75. The normalized spacial score (nSPS) is 14.0. The summed E-state index contributed by atoms with van der Waals surface area (Å²) in [5.41, 5.74) is 8.90. The van der Waals surface area contributed by atoms with Crippen molar-refractivity contribution in [3.8, 4) is 0 Å². The van der Waals surface area contributed by atoms with Crippen LogP contribution in [0.5, 0.6) is 0 Å². The number of fused-ring (bicyclic) bond motifs is 1. The molecule has 0 aliphatic heterocycles. The number of benzene rings is 1. The summed E-state index contributed by atoms with van der Waals surface area (Å²) >= 11 is 1.36. The van der Waals surface area contributed by atoms with Crippen LogP contribution in [0.25, 0.3) is 6.08 Å². The third kappa shape index (κ3) is 4.97. The standard InChI is InChI=1S/C23H26N2O4S/c1-13(2)16-10-7-15(8-11-16)9-12-19(26)29-14(3)22(28)25-23-20(21(24)27)17-5-4-6-18(17)30-23/h7-14H,4-6H2,1-3H3,(H2,24,27)(H,25,28)/b12-9+. The molecule has 0 bridgehead atoms. The summed E-state index contributed by atoms with van der Waals surface area (Å²) in [6, 6.07) is 7.88. The molecule has 1 heterocycles. The van der Waals surface area contributed by atoms with E-state index in [4.69, 9.17) is 10.5 Å². The first-order chi connectivity index (χ1) is 14.3. The number of esters is 1. The van der Waals surface area contributed by atoms with Crippen molar-refractivity contribution in [2.75, 3.05) is 5.32 Å². The van der Waals surface area contributed by atoms with Crippen molar-refractivity contribution in [1.82, 2.24) is 0 Å². The average molecular weight is 427 g/mol. The molecule has 0 saturated heterocycles. The first kappa shape index (κ1) is 21.8. The zero-order chi connectivity index (χ0) is 21.8. The Morgan fingerprint density at radius 3 is 2.47 bits per heavy atom. The van der Waals surface area contributed by atoms with Crippen LogP contribution in [0.2, 0.25) is 0 Å². The quantitative estimate of drug-likeness (QED) is 0.516. The van der Waals surface area contributed by atoms with E-state index in [-0.39, 0.29) is 0 Å². The lowest BCUT2D eigenvalue weighted by Crippen LogP contribution is -2.30. The van der Waals surface area contributed by atoms with Crippen molar-refractivity contribution in [3.05, 3.63) is 57.5 Å². The highest BCUT2D eigenvalue weighted by Gasteiger charge is 2.27. The van der Waals surface area contributed by atoms with E-state index in [9.17, 15) is 14.4 Å². The molecule has 3 rings (SSSR count). The summed E-state index contributed by atoms with van der Waals surface area (Å²) in [5.74, 6) is -1.23. The summed E-state index contributed by atoms with van der Waals surface area (Å²) in [6.45, 7) is 5.72. The Balaban J connectivity index is 1.59. The van der Waals surface area contributed by atoms with Crippen LogP contribution in [0.1, 0.15) is 65.0 Å². The molecular weight excluding hydrogens is 400 g/mol. The van der Waals surface area contributed by atoms with E-state index in [0.717, 1.165) is 35.3 Å². The van der Waals surface area contributed by atoms with E-state index in [1.54, 1.807) is 6.08 Å². The lowest BCUT2D eigenvalue weighted by molar-refractivity contribution is -0.148. The van der Waals surface area contributed by atoms with Crippen molar-refractivity contribution in [2.24, 2.45) is 5.73 Å². The van der Waals surface area contributed by atoms with Gasteiger partial charge in [0, 0.05) is 11.0 Å². The molecule has 2 amide bonds. The molecule has 0 saturated carbocycles. The second kappa shape index (κ2) is 9.26. The summed E-state index contributed by atoms with van der Waals surface area (Å²) in [5, 5.41) is 3.13. The maximum atomic E-state index is 12.5. The van der Waals surface area contributed by atoms with E-state index in [1.165, 1.54) is 29.9 Å². The van der Waals surface area contributed by atoms with Gasteiger partial charge in [-0.25, -0.2) is 4.79 Å². The summed E-state index contributed by atoms with van der Waals surface area (Å²) in [7, 11) is 0. The Labute approximate surface area is 180 Å². The third-order valence-corrected chi connectivity index (χ3v) is 6.29. The number of primary amides is 1. The number of aryl methyl sites for hydroxylation is 1. The van der Waals surface area contributed by atoms with E-state index >= 15 is 0 Å². The molecule has 30 heavy (non-hydrogen) atoms. The SMILES string of the molecule is CC(OC(=O)/C=C/c1ccc(C(C)C)cc1)C(=O)Nc1sc2c(c1C(N)=O)CCC2. The minimum atomic E-state index is -1.01. The Kier molecular flexibility index (Phi) is 6.72. The van der Waals surface area contributed by atoms with Crippen LogP contribution in [-0.4, -0.2) is 23.9 Å². The minimum absolute atomic E-state index is 0.379. The van der Waals surface area contributed by atoms with Crippen molar-refractivity contribution in [2.45, 2.75) is 52.1 Å². The number of carbonyl (C=O) groups is 3. The molecule has 0 spiro atoms. The fourth-order valence-electron chi connectivity index (χ4n) is 3.39. The monoisotopic (exact) mass is 426 g/mol. The van der Waals surface area contributed by atoms with Gasteiger partial charge in [-0.3, -0.25) is 9.59 Å². The lowest BCUT2D eigenvalue weighted by Gasteiger charge is -2.12. The van der Waals surface area contributed by atoms with Crippen LogP contribution in [0, 0.1) is 0 Å². The topological polar surface area (TPSA) is 98.5 Å². The zero-order valence-corrected chi connectivity index (χ0v) is 18.2. The summed E-state index contributed by atoms with van der Waals surface area (Å²) in [4.78, 5) is 37.5. The maximum absolute atomic E-state index is 12.5. The largest absolute Gasteiger partial charge is 0.449 e. The van der Waals surface area contributed by atoms with Crippen molar-refractivity contribution < 1.29 is 19.1 Å². The average Bonchev–Trinajstić information content (AvgIpc) is 3.27. The van der Waals surface area contributed by atoms with Gasteiger partial charge < -0.3 is 15.8 Å². The van der Waals surface area contributed by atoms with Gasteiger partial charge in [0.05, 0.1) is 5.56 Å². The highest BCUT2D eigenvalue weighted by atomic mass is 32.1. The smallest absolute Gasteiger partial charge is 0.331 e. The predicted octanol–water partition coefficient (Wildman–Crippen LogP) is 4.04. The first-order valence-corrected chi connectivity index (χ1v) is 10.8. The van der Waals surface area contributed by atoms with Gasteiger partial charge in [0.25, 0.3) is 11.8 Å². The summed E-state index contributed by atoms with van der Waals surface area (Å²) in [6.07, 6.45) is 4.57. The molecule has 1 aromatic carbocycles. The molecule has 1 aromatic heterocycles. The predicted molar refractivity (Wildman–Crippen MR) is 119 cm³/mol. The zero-order valence-electron chi connectivity index (χ0n) is 17.4. The fourth-order valence-corrected chi connectivity index (χ4v) is 4.69. The molecule has 0 radical (unpaired) electrons. The van der Waals surface area contributed by atoms with E-state index < -0.39 is 23.9 Å². The van der Waals surface area contributed by atoms with Crippen LogP contribution in [0.4, 0.5) is 5.00 Å². The van der Waals surface area contributed by atoms with Gasteiger partial charge in [0.1, 0.15) is 5.00 Å². The van der Waals surface area contributed by atoms with E-state index in [0.29, 0.717) is 16.5 Å².